The molecule has 1 fully saturated rings. The van der Waals surface area contributed by atoms with Gasteiger partial charge in [-0.1, -0.05) is 29.8 Å². The van der Waals surface area contributed by atoms with Crippen LogP contribution >= 0.6 is 34.8 Å². The Morgan fingerprint density at radius 3 is 2.32 bits per heavy atom. The third-order valence-electron chi connectivity index (χ3n) is 3.98. The summed E-state index contributed by atoms with van der Waals surface area (Å²) in [5.41, 5.74) is 0.844. The Hall–Kier alpha value is 0.0500. The molecule has 1 aliphatic heterocycles. The van der Waals surface area contributed by atoms with E-state index < -0.39 is 0 Å². The molecule has 106 valence electrons. The number of hydrogen-bond acceptors (Lipinski definition) is 1. The normalized spacial score (nSPS) is 17.6. The lowest BCUT2D eigenvalue weighted by Crippen LogP contribution is -2.35. The van der Waals surface area contributed by atoms with Crippen molar-refractivity contribution in [1.29, 1.82) is 0 Å². The summed E-state index contributed by atoms with van der Waals surface area (Å²) in [5.74, 6) is 1.61. The van der Waals surface area contributed by atoms with Gasteiger partial charge < -0.3 is 4.74 Å². The van der Waals surface area contributed by atoms with Crippen LogP contribution in [0.5, 0.6) is 0 Å². The highest BCUT2D eigenvalue weighted by Gasteiger charge is 2.35. The topological polar surface area (TPSA) is 9.23 Å². The average molecular weight is 322 g/mol. The van der Waals surface area contributed by atoms with E-state index in [4.69, 9.17) is 39.5 Å². The SMILES string of the molecule is ClCC(CCl)(CC1CCOCC1)c1ccccc1Cl. The summed E-state index contributed by atoms with van der Waals surface area (Å²) in [4.78, 5) is 0. The molecular formula is C15H19Cl3O. The molecule has 4 heteroatoms. The first-order valence-corrected chi connectivity index (χ1v) is 8.11. The molecule has 1 aromatic rings. The Kier molecular flexibility index (Phi) is 5.83. The van der Waals surface area contributed by atoms with Crippen LogP contribution in [0, 0.1) is 5.92 Å². The minimum absolute atomic E-state index is 0.233. The molecule has 1 aliphatic rings. The summed E-state index contributed by atoms with van der Waals surface area (Å²) in [7, 11) is 0. The first-order valence-electron chi connectivity index (χ1n) is 6.66. The van der Waals surface area contributed by atoms with Crippen LogP contribution in [0.1, 0.15) is 24.8 Å². The van der Waals surface area contributed by atoms with E-state index in [-0.39, 0.29) is 5.41 Å². The van der Waals surface area contributed by atoms with Crippen molar-refractivity contribution < 1.29 is 4.74 Å². The lowest BCUT2D eigenvalue weighted by atomic mass is 9.74. The molecule has 1 saturated heterocycles. The lowest BCUT2D eigenvalue weighted by Gasteiger charge is -2.36. The second kappa shape index (κ2) is 7.17. The van der Waals surface area contributed by atoms with E-state index >= 15 is 0 Å². The highest BCUT2D eigenvalue weighted by Crippen LogP contribution is 2.40. The Morgan fingerprint density at radius 1 is 1.11 bits per heavy atom. The van der Waals surface area contributed by atoms with Crippen molar-refractivity contribution in [3.8, 4) is 0 Å². The number of hydrogen-bond donors (Lipinski definition) is 0. The van der Waals surface area contributed by atoms with Gasteiger partial charge in [-0.25, -0.2) is 0 Å². The summed E-state index contributed by atoms with van der Waals surface area (Å²) in [5, 5.41) is 0.760. The van der Waals surface area contributed by atoms with Gasteiger partial charge in [-0.05, 0) is 36.8 Å². The van der Waals surface area contributed by atoms with Crippen molar-refractivity contribution in [3.05, 3.63) is 34.9 Å². The molecule has 0 aliphatic carbocycles. The monoisotopic (exact) mass is 320 g/mol. The van der Waals surface area contributed by atoms with Crippen LogP contribution in [0.2, 0.25) is 5.02 Å². The van der Waals surface area contributed by atoms with Crippen molar-refractivity contribution in [1.82, 2.24) is 0 Å². The van der Waals surface area contributed by atoms with Gasteiger partial charge in [0.15, 0.2) is 0 Å². The van der Waals surface area contributed by atoms with Gasteiger partial charge in [0.2, 0.25) is 0 Å². The molecule has 0 bridgehead atoms. The lowest BCUT2D eigenvalue weighted by molar-refractivity contribution is 0.0581. The van der Waals surface area contributed by atoms with E-state index in [1.807, 2.05) is 24.3 Å². The fraction of sp³-hybridized carbons (Fsp3) is 0.600. The maximum Gasteiger partial charge on any atom is 0.0468 e. The highest BCUT2D eigenvalue weighted by molar-refractivity contribution is 6.32. The fourth-order valence-electron chi connectivity index (χ4n) is 2.79. The third-order valence-corrected chi connectivity index (χ3v) is 5.33. The molecular weight excluding hydrogens is 303 g/mol. The maximum absolute atomic E-state index is 6.34. The molecule has 0 aromatic heterocycles. The molecule has 0 atom stereocenters. The van der Waals surface area contributed by atoms with E-state index in [0.29, 0.717) is 17.7 Å². The third kappa shape index (κ3) is 3.58. The zero-order chi connectivity index (χ0) is 13.7. The Morgan fingerprint density at radius 2 is 1.74 bits per heavy atom. The van der Waals surface area contributed by atoms with E-state index in [1.54, 1.807) is 0 Å². The molecule has 19 heavy (non-hydrogen) atoms. The van der Waals surface area contributed by atoms with Crippen molar-refractivity contribution in [3.63, 3.8) is 0 Å². The Balaban J connectivity index is 2.23. The van der Waals surface area contributed by atoms with Gasteiger partial charge in [0.25, 0.3) is 0 Å². The second-order valence-corrected chi connectivity index (χ2v) is 6.23. The summed E-state index contributed by atoms with van der Waals surface area (Å²) < 4.78 is 5.42. The standard InChI is InChI=1S/C15H19Cl3O/c16-10-15(11-17,9-12-5-7-19-8-6-12)13-3-1-2-4-14(13)18/h1-4,12H,5-11H2. The van der Waals surface area contributed by atoms with E-state index in [9.17, 15) is 0 Å². The van der Waals surface area contributed by atoms with Crippen LogP contribution in [-0.4, -0.2) is 25.0 Å². The molecule has 0 N–H and O–H groups in total. The molecule has 1 nitrogen and oxygen atoms in total. The molecule has 1 aromatic carbocycles. The van der Waals surface area contributed by atoms with Crippen LogP contribution in [0.15, 0.2) is 24.3 Å². The average Bonchev–Trinajstić information content (AvgIpc) is 2.47. The smallest absolute Gasteiger partial charge is 0.0468 e. The van der Waals surface area contributed by atoms with Crippen LogP contribution < -0.4 is 0 Å². The summed E-state index contributed by atoms with van der Waals surface area (Å²) >= 11 is 18.9. The number of halogens is 3. The van der Waals surface area contributed by atoms with Crippen LogP contribution in [0.3, 0.4) is 0 Å². The van der Waals surface area contributed by atoms with Gasteiger partial charge >= 0.3 is 0 Å². The van der Waals surface area contributed by atoms with Crippen LogP contribution in [0.25, 0.3) is 0 Å². The summed E-state index contributed by atoms with van der Waals surface area (Å²) in [6.07, 6.45) is 3.15. The van der Waals surface area contributed by atoms with Crippen molar-refractivity contribution in [2.24, 2.45) is 5.92 Å². The summed E-state index contributed by atoms with van der Waals surface area (Å²) in [6, 6.07) is 7.90. The van der Waals surface area contributed by atoms with Gasteiger partial charge in [0.05, 0.1) is 0 Å². The zero-order valence-electron chi connectivity index (χ0n) is 10.9. The van der Waals surface area contributed by atoms with Gasteiger partial charge in [0.1, 0.15) is 0 Å². The predicted octanol–water partition coefficient (Wildman–Crippen LogP) is 4.87. The van der Waals surface area contributed by atoms with Crippen molar-refractivity contribution >= 4 is 34.8 Å². The quantitative estimate of drug-likeness (QED) is 0.703. The fourth-order valence-corrected chi connectivity index (χ4v) is 3.92. The summed E-state index contributed by atoms with van der Waals surface area (Å²) in [6.45, 7) is 1.68. The Bertz CT molecular complexity index is 398. The first kappa shape index (κ1) is 15.4. The molecule has 0 unspecified atom stereocenters. The van der Waals surface area contributed by atoms with Gasteiger partial charge in [-0.15, -0.1) is 23.2 Å². The predicted molar refractivity (Wildman–Crippen MR) is 82.7 cm³/mol. The molecule has 2 rings (SSSR count). The van der Waals surface area contributed by atoms with Crippen LogP contribution in [0.4, 0.5) is 0 Å². The minimum Gasteiger partial charge on any atom is -0.381 e. The van der Waals surface area contributed by atoms with E-state index in [1.165, 1.54) is 0 Å². The largest absolute Gasteiger partial charge is 0.381 e. The number of alkyl halides is 2. The number of rotatable bonds is 5. The van der Waals surface area contributed by atoms with Gasteiger partial charge in [0, 0.05) is 35.4 Å². The zero-order valence-corrected chi connectivity index (χ0v) is 13.1. The van der Waals surface area contributed by atoms with E-state index in [0.717, 1.165) is 43.1 Å². The van der Waals surface area contributed by atoms with Crippen molar-refractivity contribution in [2.45, 2.75) is 24.7 Å². The van der Waals surface area contributed by atoms with Crippen molar-refractivity contribution in [2.75, 3.05) is 25.0 Å². The highest BCUT2D eigenvalue weighted by atomic mass is 35.5. The minimum atomic E-state index is -0.233. The molecule has 1 heterocycles. The molecule has 0 amide bonds. The molecule has 0 radical (unpaired) electrons. The number of ether oxygens (including phenoxy) is 1. The molecule has 0 spiro atoms. The molecule has 0 saturated carbocycles. The van der Waals surface area contributed by atoms with E-state index in [2.05, 4.69) is 0 Å². The van der Waals surface area contributed by atoms with Gasteiger partial charge in [-0.2, -0.15) is 0 Å². The van der Waals surface area contributed by atoms with Gasteiger partial charge in [-0.3, -0.25) is 0 Å². The first-order chi connectivity index (χ1) is 9.22. The number of benzene rings is 1. The maximum atomic E-state index is 6.34. The Labute approximate surface area is 130 Å². The van der Waals surface area contributed by atoms with Crippen LogP contribution in [-0.2, 0) is 10.2 Å². The second-order valence-electron chi connectivity index (χ2n) is 5.29.